The third kappa shape index (κ3) is 15.6. The zero-order chi connectivity index (χ0) is 18.2. The topological polar surface area (TPSA) is 52.6 Å². The van der Waals surface area contributed by atoms with E-state index in [1.54, 1.807) is 0 Å². The van der Waals surface area contributed by atoms with E-state index in [4.69, 9.17) is 9.47 Å². The van der Waals surface area contributed by atoms with E-state index in [2.05, 4.69) is 33.8 Å². The first-order valence-corrected chi connectivity index (χ1v) is 9.40. The average Bonchev–Trinajstić information content (AvgIpc) is 2.52. The maximum Gasteiger partial charge on any atom is 0.306 e. The van der Waals surface area contributed by atoms with E-state index in [1.807, 2.05) is 0 Å². The van der Waals surface area contributed by atoms with Crippen LogP contribution in [0, 0.1) is 5.92 Å². The zero-order valence-corrected chi connectivity index (χ0v) is 16.1. The molecule has 0 fully saturated rings. The first kappa shape index (κ1) is 22.7. The van der Waals surface area contributed by atoms with Crippen LogP contribution in [-0.4, -0.2) is 25.2 Å². The molecule has 4 heteroatoms. The minimum Gasteiger partial charge on any atom is -0.466 e. The van der Waals surface area contributed by atoms with Crippen molar-refractivity contribution >= 4 is 11.9 Å². The molecular weight excluding hydrogens is 304 g/mol. The molecule has 0 N–H and O–H groups in total. The molecule has 0 aromatic rings. The van der Waals surface area contributed by atoms with Gasteiger partial charge in [-0.25, -0.2) is 0 Å². The van der Waals surface area contributed by atoms with Crippen LogP contribution in [0.3, 0.4) is 0 Å². The van der Waals surface area contributed by atoms with Gasteiger partial charge < -0.3 is 9.47 Å². The molecule has 0 aliphatic carbocycles. The monoisotopic (exact) mass is 340 g/mol. The molecule has 0 rings (SSSR count). The van der Waals surface area contributed by atoms with Crippen molar-refractivity contribution in [3.05, 3.63) is 11.6 Å². The van der Waals surface area contributed by atoms with Crippen molar-refractivity contribution in [2.75, 3.05) is 13.2 Å². The Bertz CT molecular complexity index is 370. The minimum absolute atomic E-state index is 0.111. The van der Waals surface area contributed by atoms with Gasteiger partial charge in [-0.15, -0.1) is 0 Å². The molecule has 0 amide bonds. The highest BCUT2D eigenvalue weighted by Crippen LogP contribution is 2.12. The van der Waals surface area contributed by atoms with Gasteiger partial charge in [-0.05, 0) is 45.4 Å². The SMILES string of the molecule is CCCCCCOC(=O)CCC(=O)OCCC(C)CCC=C(C)C. The largest absolute Gasteiger partial charge is 0.466 e. The Morgan fingerprint density at radius 2 is 1.54 bits per heavy atom. The molecular formula is C20H36O4. The van der Waals surface area contributed by atoms with E-state index in [1.165, 1.54) is 5.57 Å². The van der Waals surface area contributed by atoms with E-state index in [0.29, 0.717) is 19.1 Å². The summed E-state index contributed by atoms with van der Waals surface area (Å²) in [5.74, 6) is -0.0885. The lowest BCUT2D eigenvalue weighted by Gasteiger charge is -2.10. The van der Waals surface area contributed by atoms with Gasteiger partial charge in [0.1, 0.15) is 0 Å². The van der Waals surface area contributed by atoms with Crippen molar-refractivity contribution in [3.63, 3.8) is 0 Å². The number of hydrogen-bond acceptors (Lipinski definition) is 4. The summed E-state index contributed by atoms with van der Waals surface area (Å²) in [6, 6.07) is 0. The molecule has 0 aromatic heterocycles. The van der Waals surface area contributed by atoms with Crippen molar-refractivity contribution in [1.82, 2.24) is 0 Å². The number of hydrogen-bond donors (Lipinski definition) is 0. The lowest BCUT2D eigenvalue weighted by molar-refractivity contribution is -0.150. The molecule has 24 heavy (non-hydrogen) atoms. The Balaban J connectivity index is 3.58. The molecule has 4 nitrogen and oxygen atoms in total. The van der Waals surface area contributed by atoms with Crippen LogP contribution in [0.2, 0.25) is 0 Å². The number of ether oxygens (including phenoxy) is 2. The van der Waals surface area contributed by atoms with Crippen LogP contribution in [0.15, 0.2) is 11.6 Å². The molecule has 140 valence electrons. The quantitative estimate of drug-likeness (QED) is 0.247. The van der Waals surface area contributed by atoms with Gasteiger partial charge in [0.25, 0.3) is 0 Å². The fourth-order valence-electron chi connectivity index (χ4n) is 2.24. The van der Waals surface area contributed by atoms with Gasteiger partial charge in [-0.3, -0.25) is 9.59 Å². The van der Waals surface area contributed by atoms with Crippen molar-refractivity contribution < 1.29 is 19.1 Å². The van der Waals surface area contributed by atoms with Gasteiger partial charge >= 0.3 is 11.9 Å². The second-order valence-electron chi connectivity index (χ2n) is 6.75. The van der Waals surface area contributed by atoms with Crippen LogP contribution in [0.4, 0.5) is 0 Å². The highest BCUT2D eigenvalue weighted by atomic mass is 16.5. The van der Waals surface area contributed by atoms with Crippen molar-refractivity contribution in [3.8, 4) is 0 Å². The Kier molecular flexibility index (Phi) is 14.4. The van der Waals surface area contributed by atoms with Crippen molar-refractivity contribution in [1.29, 1.82) is 0 Å². The minimum atomic E-state index is -0.311. The third-order valence-corrected chi connectivity index (χ3v) is 3.88. The normalized spacial score (nSPS) is 11.7. The van der Waals surface area contributed by atoms with Crippen molar-refractivity contribution in [2.45, 2.75) is 85.5 Å². The van der Waals surface area contributed by atoms with E-state index >= 15 is 0 Å². The maximum absolute atomic E-state index is 11.6. The maximum atomic E-state index is 11.6. The third-order valence-electron chi connectivity index (χ3n) is 3.88. The molecule has 0 saturated heterocycles. The van der Waals surface area contributed by atoms with Crippen LogP contribution < -0.4 is 0 Å². The Hall–Kier alpha value is -1.32. The molecule has 0 spiro atoms. The van der Waals surface area contributed by atoms with E-state index < -0.39 is 0 Å². The summed E-state index contributed by atoms with van der Waals surface area (Å²) in [4.78, 5) is 23.1. The highest BCUT2D eigenvalue weighted by molar-refractivity contribution is 5.77. The number of carbonyl (C=O) groups is 2. The summed E-state index contributed by atoms with van der Waals surface area (Å²) >= 11 is 0. The summed E-state index contributed by atoms with van der Waals surface area (Å²) < 4.78 is 10.3. The Labute approximate surface area is 148 Å². The number of unbranched alkanes of at least 4 members (excludes halogenated alkanes) is 3. The second kappa shape index (κ2) is 15.2. The van der Waals surface area contributed by atoms with Gasteiger partial charge in [0.2, 0.25) is 0 Å². The molecule has 0 aliphatic heterocycles. The van der Waals surface area contributed by atoms with Crippen molar-refractivity contribution in [2.24, 2.45) is 5.92 Å². The first-order valence-electron chi connectivity index (χ1n) is 9.40. The van der Waals surface area contributed by atoms with Gasteiger partial charge in [0.15, 0.2) is 0 Å². The summed E-state index contributed by atoms with van der Waals surface area (Å²) in [6.45, 7) is 9.40. The van der Waals surface area contributed by atoms with Gasteiger partial charge in [0, 0.05) is 0 Å². The van der Waals surface area contributed by atoms with E-state index in [-0.39, 0.29) is 24.8 Å². The second-order valence-corrected chi connectivity index (χ2v) is 6.75. The molecule has 0 bridgehead atoms. The molecule has 0 saturated carbocycles. The summed E-state index contributed by atoms with van der Waals surface area (Å²) in [5, 5.41) is 0. The van der Waals surface area contributed by atoms with Crippen LogP contribution >= 0.6 is 0 Å². The molecule has 0 aromatic carbocycles. The fraction of sp³-hybridized carbons (Fsp3) is 0.800. The summed E-state index contributed by atoms with van der Waals surface area (Å²) in [7, 11) is 0. The summed E-state index contributed by atoms with van der Waals surface area (Å²) in [5.41, 5.74) is 1.34. The van der Waals surface area contributed by atoms with Gasteiger partial charge in [0.05, 0.1) is 26.1 Å². The smallest absolute Gasteiger partial charge is 0.306 e. The van der Waals surface area contributed by atoms with E-state index in [0.717, 1.165) is 44.9 Å². The first-order chi connectivity index (χ1) is 11.5. The molecule has 0 radical (unpaired) electrons. The number of allylic oxidation sites excluding steroid dienone is 2. The van der Waals surface area contributed by atoms with Gasteiger partial charge in [-0.2, -0.15) is 0 Å². The van der Waals surface area contributed by atoms with Gasteiger partial charge in [-0.1, -0.05) is 44.8 Å². The van der Waals surface area contributed by atoms with Crippen LogP contribution in [0.25, 0.3) is 0 Å². The van der Waals surface area contributed by atoms with Crippen LogP contribution in [-0.2, 0) is 19.1 Å². The predicted molar refractivity (Wildman–Crippen MR) is 97.7 cm³/mol. The lowest BCUT2D eigenvalue weighted by Crippen LogP contribution is -2.12. The number of rotatable bonds is 14. The number of carbonyl (C=O) groups excluding carboxylic acids is 2. The predicted octanol–water partition coefficient (Wildman–Crippen LogP) is 5.21. The molecule has 1 unspecified atom stereocenters. The van der Waals surface area contributed by atoms with Crippen LogP contribution in [0.5, 0.6) is 0 Å². The summed E-state index contributed by atoms with van der Waals surface area (Å²) in [6.07, 6.45) is 9.80. The Morgan fingerprint density at radius 1 is 0.917 bits per heavy atom. The Morgan fingerprint density at radius 3 is 2.12 bits per heavy atom. The average molecular weight is 341 g/mol. The van der Waals surface area contributed by atoms with E-state index in [9.17, 15) is 9.59 Å². The molecule has 0 heterocycles. The van der Waals surface area contributed by atoms with Crippen LogP contribution in [0.1, 0.15) is 85.5 Å². The standard InChI is InChI=1S/C20H36O4/c1-5-6-7-8-15-23-19(21)12-13-20(22)24-16-14-18(4)11-9-10-17(2)3/h10,18H,5-9,11-16H2,1-4H3. The highest BCUT2D eigenvalue weighted by Gasteiger charge is 2.10. The molecule has 0 aliphatic rings. The number of esters is 2. The lowest BCUT2D eigenvalue weighted by atomic mass is 10.0. The fourth-order valence-corrected chi connectivity index (χ4v) is 2.24. The molecule has 1 atom stereocenters. The zero-order valence-electron chi connectivity index (χ0n) is 16.1.